The monoisotopic (exact) mass is 356 g/mol. The Morgan fingerprint density at radius 1 is 1.20 bits per heavy atom. The standard InChI is InChI=1S/C14H11F3N4O4/c15-14(16,17)10-4-11(21-13(20-10)18-5-12(22)23)19-7-1-2-8-9(3-7)25-6-24-8/h1-4H,5-6H2,(H,22,23)(H2,18,19,20,21). The lowest BCUT2D eigenvalue weighted by Crippen LogP contribution is -2.17. The number of halogens is 3. The molecule has 0 fully saturated rings. The molecule has 3 rings (SSSR count). The normalized spacial score (nSPS) is 12.8. The van der Waals surface area contributed by atoms with E-state index in [-0.39, 0.29) is 12.6 Å². The maximum atomic E-state index is 13.0. The number of carboxylic acid groups (broad SMARTS) is 1. The van der Waals surface area contributed by atoms with Gasteiger partial charge in [0.1, 0.15) is 12.4 Å². The van der Waals surface area contributed by atoms with Gasteiger partial charge in [-0.2, -0.15) is 18.2 Å². The van der Waals surface area contributed by atoms with Crippen molar-refractivity contribution in [1.29, 1.82) is 0 Å². The van der Waals surface area contributed by atoms with E-state index in [1.54, 1.807) is 18.2 Å². The van der Waals surface area contributed by atoms with Gasteiger partial charge in [0.25, 0.3) is 0 Å². The van der Waals surface area contributed by atoms with Gasteiger partial charge < -0.3 is 25.2 Å². The van der Waals surface area contributed by atoms with Gasteiger partial charge in [-0.05, 0) is 12.1 Å². The summed E-state index contributed by atoms with van der Waals surface area (Å²) in [4.78, 5) is 17.7. The quantitative estimate of drug-likeness (QED) is 0.750. The molecule has 3 N–H and O–H groups in total. The highest BCUT2D eigenvalue weighted by atomic mass is 19.4. The summed E-state index contributed by atoms with van der Waals surface area (Å²) in [5, 5.41) is 13.5. The van der Waals surface area contributed by atoms with E-state index < -0.39 is 30.3 Å². The maximum absolute atomic E-state index is 13.0. The van der Waals surface area contributed by atoms with Crippen LogP contribution in [0.25, 0.3) is 0 Å². The molecule has 0 radical (unpaired) electrons. The van der Waals surface area contributed by atoms with E-state index in [4.69, 9.17) is 14.6 Å². The summed E-state index contributed by atoms with van der Waals surface area (Å²) < 4.78 is 49.2. The molecule has 25 heavy (non-hydrogen) atoms. The predicted octanol–water partition coefficient (Wildman–Crippen LogP) is 2.46. The highest BCUT2D eigenvalue weighted by Gasteiger charge is 2.34. The number of nitrogens with one attached hydrogen (secondary N) is 2. The lowest BCUT2D eigenvalue weighted by molar-refractivity contribution is -0.141. The molecule has 2 aromatic rings. The number of aromatic nitrogens is 2. The number of hydrogen-bond donors (Lipinski definition) is 3. The number of fused-ring (bicyclic) bond motifs is 1. The fourth-order valence-corrected chi connectivity index (χ4v) is 2.01. The number of ether oxygens (including phenoxy) is 2. The van der Waals surface area contributed by atoms with Crippen molar-refractivity contribution in [2.45, 2.75) is 6.18 Å². The molecule has 0 bridgehead atoms. The number of anilines is 3. The van der Waals surface area contributed by atoms with E-state index in [0.717, 1.165) is 6.07 Å². The number of aliphatic carboxylic acids is 1. The second-order valence-corrected chi connectivity index (χ2v) is 4.90. The van der Waals surface area contributed by atoms with Crippen molar-refractivity contribution in [3.8, 4) is 11.5 Å². The molecule has 0 saturated carbocycles. The van der Waals surface area contributed by atoms with Gasteiger partial charge >= 0.3 is 12.1 Å². The van der Waals surface area contributed by atoms with Gasteiger partial charge in [-0.25, -0.2) is 4.98 Å². The number of rotatable bonds is 5. The summed E-state index contributed by atoms with van der Waals surface area (Å²) in [6.45, 7) is -0.557. The summed E-state index contributed by atoms with van der Waals surface area (Å²) in [6.07, 6.45) is -4.71. The second-order valence-electron chi connectivity index (χ2n) is 4.90. The van der Waals surface area contributed by atoms with Crippen molar-refractivity contribution in [3.05, 3.63) is 30.0 Å². The van der Waals surface area contributed by atoms with Gasteiger partial charge in [0.2, 0.25) is 12.7 Å². The number of benzene rings is 1. The molecule has 1 aromatic heterocycles. The van der Waals surface area contributed by atoms with Gasteiger partial charge in [0.15, 0.2) is 17.2 Å². The molecule has 0 amide bonds. The van der Waals surface area contributed by atoms with Crippen LogP contribution in [0.5, 0.6) is 11.5 Å². The van der Waals surface area contributed by atoms with Crippen LogP contribution in [-0.2, 0) is 11.0 Å². The van der Waals surface area contributed by atoms with Gasteiger partial charge in [-0.15, -0.1) is 0 Å². The van der Waals surface area contributed by atoms with E-state index in [1.807, 2.05) is 0 Å². The Morgan fingerprint density at radius 3 is 2.68 bits per heavy atom. The third kappa shape index (κ3) is 4.00. The molecule has 0 unspecified atom stereocenters. The molecular formula is C14H11F3N4O4. The predicted molar refractivity (Wildman–Crippen MR) is 79.0 cm³/mol. The molecule has 1 aliphatic rings. The van der Waals surface area contributed by atoms with E-state index >= 15 is 0 Å². The average molecular weight is 356 g/mol. The van der Waals surface area contributed by atoms with Crippen molar-refractivity contribution in [1.82, 2.24) is 9.97 Å². The van der Waals surface area contributed by atoms with Crippen LogP contribution in [0.15, 0.2) is 24.3 Å². The SMILES string of the molecule is O=C(O)CNc1nc(Nc2ccc3c(c2)OCO3)cc(C(F)(F)F)n1. The van der Waals surface area contributed by atoms with E-state index in [2.05, 4.69) is 20.6 Å². The van der Waals surface area contributed by atoms with Crippen LogP contribution in [0, 0.1) is 0 Å². The molecule has 11 heteroatoms. The second kappa shape index (κ2) is 6.34. The number of nitrogens with zero attached hydrogens (tertiary/aromatic N) is 2. The van der Waals surface area contributed by atoms with Crippen LogP contribution in [-0.4, -0.2) is 34.4 Å². The van der Waals surface area contributed by atoms with Crippen molar-refractivity contribution in [2.75, 3.05) is 24.0 Å². The minimum absolute atomic E-state index is 0.0633. The Morgan fingerprint density at radius 2 is 1.96 bits per heavy atom. The molecule has 0 saturated heterocycles. The lowest BCUT2D eigenvalue weighted by Gasteiger charge is -2.12. The zero-order valence-corrected chi connectivity index (χ0v) is 12.4. The molecule has 2 heterocycles. The van der Waals surface area contributed by atoms with E-state index in [0.29, 0.717) is 17.2 Å². The van der Waals surface area contributed by atoms with Crippen LogP contribution in [0.4, 0.5) is 30.6 Å². The molecule has 8 nitrogen and oxygen atoms in total. The first-order valence-electron chi connectivity index (χ1n) is 6.90. The van der Waals surface area contributed by atoms with Crippen LogP contribution >= 0.6 is 0 Å². The summed E-state index contributed by atoms with van der Waals surface area (Å²) in [6, 6.07) is 5.44. The van der Waals surface area contributed by atoms with Crippen LogP contribution < -0.4 is 20.1 Å². The van der Waals surface area contributed by atoms with E-state index in [9.17, 15) is 18.0 Å². The van der Waals surface area contributed by atoms with Crippen LogP contribution in [0.2, 0.25) is 0 Å². The third-order valence-corrected chi connectivity index (χ3v) is 3.06. The van der Waals surface area contributed by atoms with Crippen molar-refractivity contribution in [3.63, 3.8) is 0 Å². The zero-order valence-electron chi connectivity index (χ0n) is 12.4. The maximum Gasteiger partial charge on any atom is 0.433 e. The Labute approximate surface area is 138 Å². The molecule has 0 atom stereocenters. The fourth-order valence-electron chi connectivity index (χ4n) is 2.01. The molecule has 0 aliphatic carbocycles. The number of alkyl halides is 3. The largest absolute Gasteiger partial charge is 0.480 e. The van der Waals surface area contributed by atoms with Gasteiger partial charge in [-0.3, -0.25) is 4.79 Å². The number of carboxylic acids is 1. The minimum atomic E-state index is -4.71. The Bertz CT molecular complexity index is 813. The Kier molecular flexibility index (Phi) is 4.21. The van der Waals surface area contributed by atoms with Crippen molar-refractivity contribution in [2.24, 2.45) is 0 Å². The molecule has 0 spiro atoms. The lowest BCUT2D eigenvalue weighted by atomic mass is 10.2. The van der Waals surface area contributed by atoms with Gasteiger partial charge in [-0.1, -0.05) is 0 Å². The topological polar surface area (TPSA) is 106 Å². The molecule has 1 aromatic carbocycles. The van der Waals surface area contributed by atoms with Crippen LogP contribution in [0.1, 0.15) is 5.69 Å². The summed E-state index contributed by atoms with van der Waals surface area (Å²) in [5.74, 6) is -0.909. The Balaban J connectivity index is 1.88. The van der Waals surface area contributed by atoms with Crippen LogP contribution in [0.3, 0.4) is 0 Å². The fraction of sp³-hybridized carbons (Fsp3) is 0.214. The highest BCUT2D eigenvalue weighted by molar-refractivity contribution is 5.72. The summed E-state index contributed by atoms with van der Waals surface area (Å²) in [7, 11) is 0. The number of hydrogen-bond acceptors (Lipinski definition) is 7. The third-order valence-electron chi connectivity index (χ3n) is 3.06. The summed E-state index contributed by atoms with van der Waals surface area (Å²) >= 11 is 0. The van der Waals surface area contributed by atoms with Crippen molar-refractivity contribution < 1.29 is 32.5 Å². The minimum Gasteiger partial charge on any atom is -0.480 e. The first kappa shape index (κ1) is 16.6. The van der Waals surface area contributed by atoms with Gasteiger partial charge in [0, 0.05) is 17.8 Å². The van der Waals surface area contributed by atoms with Crippen molar-refractivity contribution >= 4 is 23.4 Å². The first-order chi connectivity index (χ1) is 11.8. The highest BCUT2D eigenvalue weighted by Crippen LogP contribution is 2.35. The average Bonchev–Trinajstić information content (AvgIpc) is 2.99. The molecular weight excluding hydrogens is 345 g/mol. The van der Waals surface area contributed by atoms with E-state index in [1.165, 1.54) is 0 Å². The Hall–Kier alpha value is -3.24. The van der Waals surface area contributed by atoms with Gasteiger partial charge in [0.05, 0.1) is 0 Å². The molecule has 132 valence electrons. The molecule has 1 aliphatic heterocycles. The summed E-state index contributed by atoms with van der Waals surface area (Å²) in [5.41, 5.74) is -0.793. The smallest absolute Gasteiger partial charge is 0.433 e. The first-order valence-corrected chi connectivity index (χ1v) is 6.90. The zero-order chi connectivity index (χ0) is 18.0. The number of carbonyl (C=O) groups is 1.